The van der Waals surface area contributed by atoms with Gasteiger partial charge in [-0.3, -0.25) is 9.36 Å². The second kappa shape index (κ2) is 9.89. The van der Waals surface area contributed by atoms with Crippen LogP contribution in [0.1, 0.15) is 12.5 Å². The molecular formula is C24H21ClN4O2S. The standard InChI is InChI=1S/C24H21ClN4O2S/c1-2-16-9-3-7-13-20(16)29-23(17-10-4-8-14-21(17)30)27-28-24(29)32-15-22(31)26-19-12-6-5-11-18(19)25/h3-14,30H,2,15H2,1H3,(H,26,31). The van der Waals surface area contributed by atoms with Crippen molar-refractivity contribution >= 4 is 35.0 Å². The molecule has 0 atom stereocenters. The molecule has 3 aromatic carbocycles. The van der Waals surface area contributed by atoms with Gasteiger partial charge in [0, 0.05) is 0 Å². The molecule has 8 heteroatoms. The van der Waals surface area contributed by atoms with Crippen molar-refractivity contribution in [3.8, 4) is 22.8 Å². The summed E-state index contributed by atoms with van der Waals surface area (Å²) in [4.78, 5) is 12.6. The van der Waals surface area contributed by atoms with Crippen LogP contribution in [0.3, 0.4) is 0 Å². The topological polar surface area (TPSA) is 80.0 Å². The summed E-state index contributed by atoms with van der Waals surface area (Å²) in [6.07, 6.45) is 0.811. The SMILES string of the molecule is CCc1ccccc1-n1c(SCC(=O)Nc2ccccc2Cl)nnc1-c1ccccc1O. The van der Waals surface area contributed by atoms with Crippen LogP contribution >= 0.6 is 23.4 Å². The molecule has 0 aliphatic carbocycles. The lowest BCUT2D eigenvalue weighted by atomic mass is 10.1. The summed E-state index contributed by atoms with van der Waals surface area (Å²) in [6, 6.07) is 22.1. The van der Waals surface area contributed by atoms with Gasteiger partial charge in [0.1, 0.15) is 5.75 Å². The molecule has 1 heterocycles. The Morgan fingerprint density at radius 2 is 1.75 bits per heavy atom. The van der Waals surface area contributed by atoms with Crippen LogP contribution in [0.2, 0.25) is 5.02 Å². The fourth-order valence-electron chi connectivity index (χ4n) is 3.32. The number of carbonyl (C=O) groups excluding carboxylic acids is 1. The van der Waals surface area contributed by atoms with Crippen LogP contribution < -0.4 is 5.32 Å². The smallest absolute Gasteiger partial charge is 0.234 e. The molecule has 0 saturated heterocycles. The van der Waals surface area contributed by atoms with Gasteiger partial charge in [0.2, 0.25) is 5.91 Å². The number of halogens is 1. The van der Waals surface area contributed by atoms with E-state index in [1.165, 1.54) is 11.8 Å². The van der Waals surface area contributed by atoms with Gasteiger partial charge in [-0.25, -0.2) is 0 Å². The van der Waals surface area contributed by atoms with Gasteiger partial charge in [-0.2, -0.15) is 0 Å². The zero-order valence-corrected chi connectivity index (χ0v) is 18.9. The fraction of sp³-hybridized carbons (Fsp3) is 0.125. The summed E-state index contributed by atoms with van der Waals surface area (Å²) in [5, 5.41) is 23.0. The molecule has 0 unspecified atom stereocenters. The number of hydrogen-bond donors (Lipinski definition) is 2. The van der Waals surface area contributed by atoms with Crippen molar-refractivity contribution in [3.05, 3.63) is 83.4 Å². The first-order valence-corrected chi connectivity index (χ1v) is 11.4. The van der Waals surface area contributed by atoms with Crippen molar-refractivity contribution in [2.24, 2.45) is 0 Å². The minimum atomic E-state index is -0.203. The average Bonchev–Trinajstić information content (AvgIpc) is 3.23. The Labute approximate surface area is 195 Å². The number of aryl methyl sites for hydroxylation is 1. The molecule has 0 bridgehead atoms. The highest BCUT2D eigenvalue weighted by Gasteiger charge is 2.20. The first-order valence-electron chi connectivity index (χ1n) is 10.1. The Morgan fingerprint density at radius 1 is 1.03 bits per heavy atom. The summed E-state index contributed by atoms with van der Waals surface area (Å²) in [5.41, 5.74) is 3.14. The molecule has 4 aromatic rings. The number of aromatic nitrogens is 3. The molecule has 0 aliphatic rings. The number of para-hydroxylation sites is 3. The number of nitrogens with zero attached hydrogens (tertiary/aromatic N) is 3. The summed E-state index contributed by atoms with van der Waals surface area (Å²) in [6.45, 7) is 2.08. The van der Waals surface area contributed by atoms with Gasteiger partial charge in [0.25, 0.3) is 0 Å². The number of phenolic OH excluding ortho intramolecular Hbond substituents is 1. The van der Waals surface area contributed by atoms with E-state index in [1.807, 2.05) is 41.0 Å². The fourth-order valence-corrected chi connectivity index (χ4v) is 4.25. The molecule has 162 valence electrons. The third-order valence-electron chi connectivity index (χ3n) is 4.87. The molecule has 0 spiro atoms. The largest absolute Gasteiger partial charge is 0.507 e. The number of benzene rings is 3. The molecular weight excluding hydrogens is 444 g/mol. The van der Waals surface area contributed by atoms with Crippen molar-refractivity contribution in [1.82, 2.24) is 14.8 Å². The second-order valence-corrected chi connectivity index (χ2v) is 8.31. The molecule has 32 heavy (non-hydrogen) atoms. The lowest BCUT2D eigenvalue weighted by molar-refractivity contribution is -0.113. The van der Waals surface area contributed by atoms with Crippen molar-refractivity contribution < 1.29 is 9.90 Å². The Kier molecular flexibility index (Phi) is 6.78. The van der Waals surface area contributed by atoms with Gasteiger partial charge in [-0.15, -0.1) is 10.2 Å². The van der Waals surface area contributed by atoms with E-state index in [-0.39, 0.29) is 17.4 Å². The van der Waals surface area contributed by atoms with Gasteiger partial charge >= 0.3 is 0 Å². The zero-order chi connectivity index (χ0) is 22.5. The molecule has 1 aromatic heterocycles. The first-order chi connectivity index (χ1) is 15.6. The van der Waals surface area contributed by atoms with Crippen LogP contribution in [0, 0.1) is 0 Å². The highest BCUT2D eigenvalue weighted by molar-refractivity contribution is 7.99. The number of rotatable bonds is 7. The average molecular weight is 465 g/mol. The number of anilines is 1. The van der Waals surface area contributed by atoms with Crippen LogP contribution in [0.4, 0.5) is 5.69 Å². The van der Waals surface area contributed by atoms with Crippen molar-refractivity contribution in [2.75, 3.05) is 11.1 Å². The number of carbonyl (C=O) groups is 1. The molecule has 0 radical (unpaired) electrons. The van der Waals surface area contributed by atoms with Crippen LogP contribution in [-0.4, -0.2) is 31.5 Å². The van der Waals surface area contributed by atoms with Gasteiger partial charge in [0.15, 0.2) is 11.0 Å². The number of amides is 1. The third kappa shape index (κ3) is 4.64. The van der Waals surface area contributed by atoms with Gasteiger partial charge in [0.05, 0.1) is 27.7 Å². The minimum Gasteiger partial charge on any atom is -0.507 e. The van der Waals surface area contributed by atoms with E-state index in [4.69, 9.17) is 11.6 Å². The number of hydrogen-bond acceptors (Lipinski definition) is 5. The highest BCUT2D eigenvalue weighted by atomic mass is 35.5. The van der Waals surface area contributed by atoms with Crippen LogP contribution in [0.25, 0.3) is 17.1 Å². The quantitative estimate of drug-likeness (QED) is 0.349. The third-order valence-corrected chi connectivity index (χ3v) is 6.13. The molecule has 1 amide bonds. The van der Waals surface area contributed by atoms with Crippen LogP contribution in [0.15, 0.2) is 78.0 Å². The molecule has 2 N–H and O–H groups in total. The van der Waals surface area contributed by atoms with E-state index in [0.29, 0.717) is 27.3 Å². The predicted molar refractivity (Wildman–Crippen MR) is 129 cm³/mol. The van der Waals surface area contributed by atoms with E-state index < -0.39 is 0 Å². The Hall–Kier alpha value is -3.29. The molecule has 0 saturated carbocycles. The molecule has 6 nitrogen and oxygen atoms in total. The van der Waals surface area contributed by atoms with Crippen LogP contribution in [-0.2, 0) is 11.2 Å². The maximum absolute atomic E-state index is 12.6. The Bertz CT molecular complexity index is 1260. The Morgan fingerprint density at radius 3 is 2.53 bits per heavy atom. The van der Waals surface area contributed by atoms with Gasteiger partial charge < -0.3 is 10.4 Å². The maximum Gasteiger partial charge on any atom is 0.234 e. The predicted octanol–water partition coefficient (Wildman–Crippen LogP) is 5.59. The molecule has 0 aliphatic heterocycles. The molecule has 0 fully saturated rings. The molecule has 4 rings (SSSR count). The van der Waals surface area contributed by atoms with Crippen molar-refractivity contribution in [3.63, 3.8) is 0 Å². The summed E-state index contributed by atoms with van der Waals surface area (Å²) < 4.78 is 1.89. The van der Waals surface area contributed by atoms with E-state index in [2.05, 4.69) is 22.4 Å². The van der Waals surface area contributed by atoms with Gasteiger partial charge in [-0.05, 0) is 42.3 Å². The van der Waals surface area contributed by atoms with Crippen LogP contribution in [0.5, 0.6) is 5.75 Å². The summed E-state index contributed by atoms with van der Waals surface area (Å²) in [5.74, 6) is 0.546. The van der Waals surface area contributed by atoms with Crippen molar-refractivity contribution in [2.45, 2.75) is 18.5 Å². The van der Waals surface area contributed by atoms with E-state index >= 15 is 0 Å². The summed E-state index contributed by atoms with van der Waals surface area (Å²) in [7, 11) is 0. The number of thioether (sulfide) groups is 1. The van der Waals surface area contributed by atoms with Crippen molar-refractivity contribution in [1.29, 1.82) is 0 Å². The minimum absolute atomic E-state index is 0.114. The first kappa shape index (κ1) is 21.9. The Balaban J connectivity index is 1.67. The second-order valence-electron chi connectivity index (χ2n) is 6.96. The van der Waals surface area contributed by atoms with Gasteiger partial charge in [-0.1, -0.05) is 72.8 Å². The highest BCUT2D eigenvalue weighted by Crippen LogP contribution is 2.34. The van der Waals surface area contributed by atoms with E-state index in [9.17, 15) is 9.90 Å². The lowest BCUT2D eigenvalue weighted by Crippen LogP contribution is -2.15. The number of phenols is 1. The van der Waals surface area contributed by atoms with E-state index in [0.717, 1.165) is 17.7 Å². The zero-order valence-electron chi connectivity index (χ0n) is 17.3. The van der Waals surface area contributed by atoms with E-state index in [1.54, 1.807) is 36.4 Å². The maximum atomic E-state index is 12.6. The number of aromatic hydroxyl groups is 1. The lowest BCUT2D eigenvalue weighted by Gasteiger charge is -2.14. The monoisotopic (exact) mass is 464 g/mol. The number of nitrogens with one attached hydrogen (secondary N) is 1. The normalized spacial score (nSPS) is 10.8. The summed E-state index contributed by atoms with van der Waals surface area (Å²) >= 11 is 7.41.